The van der Waals surface area contributed by atoms with E-state index in [2.05, 4.69) is 21.2 Å². The lowest BCUT2D eigenvalue weighted by Gasteiger charge is -2.16. The van der Waals surface area contributed by atoms with Crippen molar-refractivity contribution in [3.63, 3.8) is 0 Å². The van der Waals surface area contributed by atoms with E-state index in [4.69, 9.17) is 9.47 Å². The standard InChI is InChI=1S/C18H21BrN2O5/c1-4-25-17(23)16(18(24)26-5-2)20-14(22)10-21-11(3)15(19)12-8-6-7-9-13(12)21/h6-9,16H,4-5,10H2,1-3H3,(H,20,22). The minimum absolute atomic E-state index is 0.0484. The Labute approximate surface area is 159 Å². The molecule has 0 spiro atoms. The Morgan fingerprint density at radius 2 is 1.69 bits per heavy atom. The van der Waals surface area contributed by atoms with Crippen molar-refractivity contribution in [3.05, 3.63) is 34.4 Å². The maximum atomic E-state index is 12.5. The molecular weight excluding hydrogens is 404 g/mol. The number of ether oxygens (including phenoxy) is 2. The number of amides is 1. The maximum Gasteiger partial charge on any atom is 0.340 e. The molecule has 2 rings (SSSR count). The van der Waals surface area contributed by atoms with Gasteiger partial charge in [-0.3, -0.25) is 4.79 Å². The number of para-hydroxylation sites is 1. The first-order valence-electron chi connectivity index (χ1n) is 8.26. The number of nitrogens with zero attached hydrogens (tertiary/aromatic N) is 1. The molecule has 8 heteroatoms. The molecule has 0 saturated carbocycles. The summed E-state index contributed by atoms with van der Waals surface area (Å²) in [4.78, 5) is 36.4. The lowest BCUT2D eigenvalue weighted by Crippen LogP contribution is -2.49. The molecule has 1 aromatic carbocycles. The first kappa shape index (κ1) is 20.0. The van der Waals surface area contributed by atoms with E-state index < -0.39 is 23.9 Å². The molecule has 1 N–H and O–H groups in total. The average molecular weight is 425 g/mol. The van der Waals surface area contributed by atoms with Crippen molar-refractivity contribution in [2.24, 2.45) is 0 Å². The second-order valence-electron chi connectivity index (χ2n) is 5.51. The van der Waals surface area contributed by atoms with E-state index in [9.17, 15) is 14.4 Å². The Morgan fingerprint density at radius 1 is 1.12 bits per heavy atom. The summed E-state index contributed by atoms with van der Waals surface area (Å²) in [5.74, 6) is -2.17. The van der Waals surface area contributed by atoms with E-state index in [-0.39, 0.29) is 19.8 Å². The van der Waals surface area contributed by atoms with Gasteiger partial charge in [-0.25, -0.2) is 9.59 Å². The summed E-state index contributed by atoms with van der Waals surface area (Å²) < 4.78 is 12.4. The SMILES string of the molecule is CCOC(=O)C(NC(=O)Cn1c(C)c(Br)c2ccccc21)C(=O)OCC. The van der Waals surface area contributed by atoms with Crippen LogP contribution in [0.2, 0.25) is 0 Å². The monoisotopic (exact) mass is 424 g/mol. The van der Waals surface area contributed by atoms with Crippen LogP contribution >= 0.6 is 15.9 Å². The Balaban J connectivity index is 2.22. The highest BCUT2D eigenvalue weighted by Gasteiger charge is 2.31. The first-order valence-corrected chi connectivity index (χ1v) is 9.05. The van der Waals surface area contributed by atoms with Crippen molar-refractivity contribution in [1.82, 2.24) is 9.88 Å². The van der Waals surface area contributed by atoms with E-state index in [0.29, 0.717) is 0 Å². The highest BCUT2D eigenvalue weighted by Crippen LogP contribution is 2.30. The number of halogens is 1. The second kappa shape index (κ2) is 8.84. The van der Waals surface area contributed by atoms with Crippen LogP contribution in [-0.2, 0) is 30.4 Å². The summed E-state index contributed by atoms with van der Waals surface area (Å²) in [5.41, 5.74) is 1.74. The number of carbonyl (C=O) groups excluding carboxylic acids is 3. The number of fused-ring (bicyclic) bond motifs is 1. The zero-order valence-electron chi connectivity index (χ0n) is 14.9. The van der Waals surface area contributed by atoms with Gasteiger partial charge < -0.3 is 19.4 Å². The molecular formula is C18H21BrN2O5. The smallest absolute Gasteiger partial charge is 0.340 e. The van der Waals surface area contributed by atoms with Crippen LogP contribution in [0.25, 0.3) is 10.9 Å². The van der Waals surface area contributed by atoms with E-state index in [1.807, 2.05) is 35.8 Å². The number of nitrogens with one attached hydrogen (secondary N) is 1. The average Bonchev–Trinajstić information content (AvgIpc) is 2.85. The third-order valence-corrected chi connectivity index (χ3v) is 4.81. The molecule has 0 saturated heterocycles. The number of aromatic nitrogens is 1. The van der Waals surface area contributed by atoms with Gasteiger partial charge in [0.25, 0.3) is 0 Å². The first-order chi connectivity index (χ1) is 12.4. The molecule has 140 valence electrons. The zero-order valence-corrected chi connectivity index (χ0v) is 16.5. The van der Waals surface area contributed by atoms with Gasteiger partial charge in [0.1, 0.15) is 6.54 Å². The lowest BCUT2D eigenvalue weighted by atomic mass is 10.2. The van der Waals surface area contributed by atoms with Crippen LogP contribution in [0, 0.1) is 6.92 Å². The van der Waals surface area contributed by atoms with Crippen molar-refractivity contribution >= 4 is 44.7 Å². The van der Waals surface area contributed by atoms with E-state index in [1.165, 1.54) is 0 Å². The normalized spacial score (nSPS) is 10.8. The Morgan fingerprint density at radius 3 is 2.27 bits per heavy atom. The van der Waals surface area contributed by atoms with Gasteiger partial charge >= 0.3 is 11.9 Å². The van der Waals surface area contributed by atoms with Gasteiger partial charge in [-0.15, -0.1) is 0 Å². The number of hydrogen-bond acceptors (Lipinski definition) is 5. The minimum Gasteiger partial charge on any atom is -0.464 e. The van der Waals surface area contributed by atoms with Gasteiger partial charge in [0.15, 0.2) is 0 Å². The third kappa shape index (κ3) is 4.24. The van der Waals surface area contributed by atoms with Crippen LogP contribution in [0.15, 0.2) is 28.7 Å². The molecule has 0 aliphatic carbocycles. The molecule has 0 aliphatic heterocycles. The molecule has 1 heterocycles. The molecule has 0 radical (unpaired) electrons. The van der Waals surface area contributed by atoms with Crippen LogP contribution in [0.5, 0.6) is 0 Å². The third-order valence-electron chi connectivity index (χ3n) is 3.81. The van der Waals surface area contributed by atoms with Gasteiger partial charge in [0, 0.05) is 21.1 Å². The van der Waals surface area contributed by atoms with Crippen molar-refractivity contribution < 1.29 is 23.9 Å². The quantitative estimate of drug-likeness (QED) is 0.544. The summed E-state index contributed by atoms with van der Waals surface area (Å²) >= 11 is 3.53. The molecule has 0 bridgehead atoms. The topological polar surface area (TPSA) is 86.6 Å². The molecule has 1 amide bonds. The molecule has 7 nitrogen and oxygen atoms in total. The molecule has 0 atom stereocenters. The van der Waals surface area contributed by atoms with Gasteiger partial charge in [-0.05, 0) is 42.8 Å². The number of esters is 2. The lowest BCUT2D eigenvalue weighted by molar-refractivity contribution is -0.159. The van der Waals surface area contributed by atoms with Crippen molar-refractivity contribution in [3.8, 4) is 0 Å². The Bertz CT molecular complexity index is 812. The Hall–Kier alpha value is -2.35. The molecule has 0 fully saturated rings. The summed E-state index contributed by atoms with van der Waals surface area (Å²) in [6.45, 7) is 5.26. The minimum atomic E-state index is -1.48. The number of carbonyl (C=O) groups is 3. The maximum absolute atomic E-state index is 12.5. The summed E-state index contributed by atoms with van der Waals surface area (Å²) in [6, 6.07) is 6.15. The van der Waals surface area contributed by atoms with E-state index in [0.717, 1.165) is 21.1 Å². The van der Waals surface area contributed by atoms with Crippen LogP contribution < -0.4 is 5.32 Å². The van der Waals surface area contributed by atoms with E-state index >= 15 is 0 Å². The number of rotatable bonds is 7. The Kier molecular flexibility index (Phi) is 6.79. The molecule has 26 heavy (non-hydrogen) atoms. The van der Waals surface area contributed by atoms with Crippen molar-refractivity contribution in [1.29, 1.82) is 0 Å². The van der Waals surface area contributed by atoms with Crippen LogP contribution in [-0.4, -0.2) is 41.7 Å². The molecule has 1 aromatic heterocycles. The van der Waals surface area contributed by atoms with Crippen molar-refractivity contribution in [2.75, 3.05) is 13.2 Å². The van der Waals surface area contributed by atoms with Crippen LogP contribution in [0.3, 0.4) is 0 Å². The predicted molar refractivity (Wildman–Crippen MR) is 99.6 cm³/mol. The van der Waals surface area contributed by atoms with Gasteiger partial charge in [-0.2, -0.15) is 0 Å². The fourth-order valence-corrected chi connectivity index (χ4v) is 3.16. The molecule has 0 unspecified atom stereocenters. The van der Waals surface area contributed by atoms with Crippen LogP contribution in [0.4, 0.5) is 0 Å². The number of hydrogen-bond donors (Lipinski definition) is 1. The molecule has 2 aromatic rings. The largest absolute Gasteiger partial charge is 0.464 e. The predicted octanol–water partition coefficient (Wildman–Crippen LogP) is 2.32. The fraction of sp³-hybridized carbons (Fsp3) is 0.389. The summed E-state index contributed by atoms with van der Waals surface area (Å²) in [5, 5.41) is 3.39. The van der Waals surface area contributed by atoms with Gasteiger partial charge in [-0.1, -0.05) is 18.2 Å². The van der Waals surface area contributed by atoms with Gasteiger partial charge in [0.05, 0.1) is 13.2 Å². The summed E-state index contributed by atoms with van der Waals surface area (Å²) in [6.07, 6.45) is 0. The molecule has 0 aliphatic rings. The van der Waals surface area contributed by atoms with Gasteiger partial charge in [0.2, 0.25) is 11.9 Å². The zero-order chi connectivity index (χ0) is 19.3. The highest BCUT2D eigenvalue weighted by atomic mass is 79.9. The van der Waals surface area contributed by atoms with Crippen molar-refractivity contribution in [2.45, 2.75) is 33.4 Å². The second-order valence-corrected chi connectivity index (χ2v) is 6.30. The number of benzene rings is 1. The van der Waals surface area contributed by atoms with E-state index in [1.54, 1.807) is 13.8 Å². The summed E-state index contributed by atoms with van der Waals surface area (Å²) in [7, 11) is 0. The fourth-order valence-electron chi connectivity index (χ4n) is 2.61. The van der Waals surface area contributed by atoms with Crippen LogP contribution in [0.1, 0.15) is 19.5 Å². The highest BCUT2D eigenvalue weighted by molar-refractivity contribution is 9.10.